The molecule has 1 aromatic rings. The van der Waals surface area contributed by atoms with Gasteiger partial charge in [-0.05, 0) is 44.1 Å². The lowest BCUT2D eigenvalue weighted by Crippen LogP contribution is -2.39. The molecule has 3 nitrogen and oxygen atoms in total. The normalized spacial score (nSPS) is 12.7. The van der Waals surface area contributed by atoms with Gasteiger partial charge in [-0.25, -0.2) is 0 Å². The summed E-state index contributed by atoms with van der Waals surface area (Å²) in [5.74, 6) is 0.919. The van der Waals surface area contributed by atoms with Gasteiger partial charge in [-0.15, -0.1) is 0 Å². The summed E-state index contributed by atoms with van der Waals surface area (Å²) in [7, 11) is 3.90. The van der Waals surface area contributed by atoms with Crippen molar-refractivity contribution in [3.05, 3.63) is 29.8 Å². The summed E-state index contributed by atoms with van der Waals surface area (Å²) in [4.78, 5) is 2.42. The summed E-state index contributed by atoms with van der Waals surface area (Å²) >= 11 is 0. The van der Waals surface area contributed by atoms with Crippen LogP contribution in [0, 0.1) is 0 Å². The minimum atomic E-state index is 0.591. The molecule has 0 spiro atoms. The van der Waals surface area contributed by atoms with E-state index in [-0.39, 0.29) is 0 Å². The quantitative estimate of drug-likeness (QED) is 0.694. The highest BCUT2D eigenvalue weighted by Gasteiger charge is 2.12. The zero-order valence-electron chi connectivity index (χ0n) is 12.8. The van der Waals surface area contributed by atoms with Gasteiger partial charge < -0.3 is 10.1 Å². The van der Waals surface area contributed by atoms with Gasteiger partial charge in [0.2, 0.25) is 0 Å². The highest BCUT2D eigenvalue weighted by molar-refractivity contribution is 5.27. The van der Waals surface area contributed by atoms with E-state index in [0.29, 0.717) is 6.04 Å². The summed E-state index contributed by atoms with van der Waals surface area (Å²) in [6, 6.07) is 8.93. The van der Waals surface area contributed by atoms with Crippen molar-refractivity contribution in [2.45, 2.75) is 39.3 Å². The van der Waals surface area contributed by atoms with Gasteiger partial charge in [-0.1, -0.05) is 26.0 Å². The van der Waals surface area contributed by atoms with Gasteiger partial charge in [0.15, 0.2) is 0 Å². The third-order valence-corrected chi connectivity index (χ3v) is 3.49. The Morgan fingerprint density at radius 1 is 1.21 bits per heavy atom. The van der Waals surface area contributed by atoms with Crippen LogP contribution in [-0.2, 0) is 6.54 Å². The second-order valence-electron chi connectivity index (χ2n) is 5.03. The number of methoxy groups -OCH3 is 1. The molecule has 19 heavy (non-hydrogen) atoms. The van der Waals surface area contributed by atoms with Gasteiger partial charge in [-0.3, -0.25) is 4.90 Å². The minimum Gasteiger partial charge on any atom is -0.497 e. The molecule has 0 saturated carbocycles. The first-order valence-corrected chi connectivity index (χ1v) is 7.25. The summed E-state index contributed by atoms with van der Waals surface area (Å²) in [6.07, 6.45) is 2.36. The Morgan fingerprint density at radius 3 is 2.42 bits per heavy atom. The maximum atomic E-state index is 5.18. The molecule has 0 radical (unpaired) electrons. The number of likely N-dealkylation sites (N-methyl/N-ethyl adjacent to an activating group) is 1. The molecule has 1 N–H and O–H groups in total. The lowest BCUT2D eigenvalue weighted by molar-refractivity contribution is 0.221. The van der Waals surface area contributed by atoms with Crippen LogP contribution in [0.2, 0.25) is 0 Å². The summed E-state index contributed by atoms with van der Waals surface area (Å²) in [6.45, 7) is 7.61. The predicted molar refractivity (Wildman–Crippen MR) is 81.7 cm³/mol. The van der Waals surface area contributed by atoms with Crippen molar-refractivity contribution >= 4 is 0 Å². The number of rotatable bonds is 9. The van der Waals surface area contributed by atoms with E-state index in [1.54, 1.807) is 7.11 Å². The van der Waals surface area contributed by atoms with Crippen molar-refractivity contribution in [1.29, 1.82) is 0 Å². The van der Waals surface area contributed by atoms with Crippen LogP contribution in [0.15, 0.2) is 24.3 Å². The van der Waals surface area contributed by atoms with Crippen molar-refractivity contribution < 1.29 is 4.74 Å². The van der Waals surface area contributed by atoms with E-state index >= 15 is 0 Å². The maximum Gasteiger partial charge on any atom is 0.118 e. The third kappa shape index (κ3) is 5.62. The monoisotopic (exact) mass is 264 g/mol. The Hall–Kier alpha value is -1.06. The van der Waals surface area contributed by atoms with Gasteiger partial charge in [0, 0.05) is 19.1 Å². The van der Waals surface area contributed by atoms with Gasteiger partial charge in [-0.2, -0.15) is 0 Å². The molecule has 108 valence electrons. The van der Waals surface area contributed by atoms with E-state index in [9.17, 15) is 0 Å². The molecule has 1 unspecified atom stereocenters. The SMILES string of the molecule is CCCNCC(CC)N(C)Cc1ccc(OC)cc1. The fraction of sp³-hybridized carbons (Fsp3) is 0.625. The van der Waals surface area contributed by atoms with Gasteiger partial charge in [0.1, 0.15) is 5.75 Å². The zero-order valence-corrected chi connectivity index (χ0v) is 12.8. The molecule has 3 heteroatoms. The molecule has 0 amide bonds. The van der Waals surface area contributed by atoms with Gasteiger partial charge in [0.05, 0.1) is 7.11 Å². The largest absolute Gasteiger partial charge is 0.497 e. The Balaban J connectivity index is 2.47. The topological polar surface area (TPSA) is 24.5 Å². The molecule has 0 saturated heterocycles. The van der Waals surface area contributed by atoms with Crippen LogP contribution < -0.4 is 10.1 Å². The van der Waals surface area contributed by atoms with E-state index in [1.165, 1.54) is 18.4 Å². The fourth-order valence-electron chi connectivity index (χ4n) is 2.21. The van der Waals surface area contributed by atoms with Crippen LogP contribution in [0.5, 0.6) is 5.75 Å². The van der Waals surface area contributed by atoms with Crippen LogP contribution in [0.3, 0.4) is 0 Å². The number of ether oxygens (including phenoxy) is 1. The van der Waals surface area contributed by atoms with Crippen LogP contribution in [0.25, 0.3) is 0 Å². The summed E-state index contributed by atoms with van der Waals surface area (Å²) in [5.41, 5.74) is 1.33. The van der Waals surface area contributed by atoms with E-state index < -0.39 is 0 Å². The van der Waals surface area contributed by atoms with Crippen molar-refractivity contribution in [3.63, 3.8) is 0 Å². The minimum absolute atomic E-state index is 0.591. The molecule has 0 bridgehead atoms. The molecular formula is C16H28N2O. The standard InChI is InChI=1S/C16H28N2O/c1-5-11-17-12-15(6-2)18(3)13-14-7-9-16(19-4)10-8-14/h7-10,15,17H,5-6,11-13H2,1-4H3. The lowest BCUT2D eigenvalue weighted by atomic mass is 10.1. The Kier molecular flexibility index (Phi) is 7.53. The molecule has 0 aliphatic rings. The highest BCUT2D eigenvalue weighted by Crippen LogP contribution is 2.14. The molecule has 1 aromatic carbocycles. The van der Waals surface area contributed by atoms with Crippen molar-refractivity contribution in [1.82, 2.24) is 10.2 Å². The molecule has 0 aliphatic carbocycles. The average molecular weight is 264 g/mol. The zero-order chi connectivity index (χ0) is 14.1. The number of nitrogens with zero attached hydrogens (tertiary/aromatic N) is 1. The lowest BCUT2D eigenvalue weighted by Gasteiger charge is -2.27. The fourth-order valence-corrected chi connectivity index (χ4v) is 2.21. The predicted octanol–water partition coefficient (Wildman–Crippen LogP) is 2.91. The number of hydrogen-bond donors (Lipinski definition) is 1. The number of nitrogens with one attached hydrogen (secondary N) is 1. The van der Waals surface area contributed by atoms with Gasteiger partial charge >= 0.3 is 0 Å². The molecule has 0 aliphatic heterocycles. The van der Waals surface area contributed by atoms with Crippen molar-refractivity contribution in [2.75, 3.05) is 27.2 Å². The first kappa shape index (κ1) is 16.0. The van der Waals surface area contributed by atoms with E-state index in [4.69, 9.17) is 4.74 Å². The summed E-state index contributed by atoms with van der Waals surface area (Å²) in [5, 5.41) is 3.51. The molecule has 1 atom stereocenters. The number of hydrogen-bond acceptors (Lipinski definition) is 3. The Bertz CT molecular complexity index is 337. The second kappa shape index (κ2) is 8.94. The third-order valence-electron chi connectivity index (χ3n) is 3.49. The highest BCUT2D eigenvalue weighted by atomic mass is 16.5. The molecule has 0 heterocycles. The summed E-state index contributed by atoms with van der Waals surface area (Å²) < 4.78 is 5.18. The average Bonchev–Trinajstić information content (AvgIpc) is 2.44. The first-order valence-electron chi connectivity index (χ1n) is 7.25. The Morgan fingerprint density at radius 2 is 1.89 bits per heavy atom. The molecule has 1 rings (SSSR count). The van der Waals surface area contributed by atoms with Crippen molar-refractivity contribution in [2.24, 2.45) is 0 Å². The van der Waals surface area contributed by atoms with E-state index in [2.05, 4.69) is 43.2 Å². The van der Waals surface area contributed by atoms with Crippen LogP contribution in [0.4, 0.5) is 0 Å². The van der Waals surface area contributed by atoms with Gasteiger partial charge in [0.25, 0.3) is 0 Å². The number of benzene rings is 1. The molecule has 0 aromatic heterocycles. The second-order valence-corrected chi connectivity index (χ2v) is 5.03. The molecular weight excluding hydrogens is 236 g/mol. The Labute approximate surface area is 118 Å². The van der Waals surface area contributed by atoms with E-state index in [0.717, 1.165) is 25.4 Å². The van der Waals surface area contributed by atoms with E-state index in [1.807, 2.05) is 12.1 Å². The van der Waals surface area contributed by atoms with Crippen molar-refractivity contribution in [3.8, 4) is 5.75 Å². The smallest absolute Gasteiger partial charge is 0.118 e. The maximum absolute atomic E-state index is 5.18. The van der Waals surface area contributed by atoms with Crippen LogP contribution in [-0.4, -0.2) is 38.2 Å². The van der Waals surface area contributed by atoms with Crippen LogP contribution in [0.1, 0.15) is 32.3 Å². The first-order chi connectivity index (χ1) is 9.21. The van der Waals surface area contributed by atoms with Crippen LogP contribution >= 0.6 is 0 Å². The molecule has 0 fully saturated rings.